The molecule has 2 aromatic rings. The average Bonchev–Trinajstić information content (AvgIpc) is 2.67. The fourth-order valence-corrected chi connectivity index (χ4v) is 2.68. The van der Waals surface area contributed by atoms with Crippen LogP contribution in [0.1, 0.15) is 68.2 Å². The summed E-state index contributed by atoms with van der Waals surface area (Å²) in [6, 6.07) is 14.8. The zero-order chi connectivity index (χ0) is 18.8. The number of rotatable bonds is 7. The molecule has 0 amide bonds. The Kier molecular flexibility index (Phi) is 8.09. The largest absolute Gasteiger partial charge is 0.209 e. The SMILES string of the molecule is CCCCCC(F)=C(F)c1ccc(C#Cc2ccc(CCC)cc2)cc1. The summed E-state index contributed by atoms with van der Waals surface area (Å²) >= 11 is 0. The van der Waals surface area contributed by atoms with E-state index in [0.717, 1.165) is 36.8 Å². The van der Waals surface area contributed by atoms with Crippen molar-refractivity contribution in [2.45, 2.75) is 52.4 Å². The molecule has 2 aromatic carbocycles. The van der Waals surface area contributed by atoms with E-state index in [9.17, 15) is 8.78 Å². The van der Waals surface area contributed by atoms with Crippen LogP contribution >= 0.6 is 0 Å². The molecule has 0 atom stereocenters. The third-order valence-corrected chi connectivity index (χ3v) is 4.22. The van der Waals surface area contributed by atoms with E-state index in [4.69, 9.17) is 0 Å². The lowest BCUT2D eigenvalue weighted by Gasteiger charge is -2.02. The third-order valence-electron chi connectivity index (χ3n) is 4.22. The topological polar surface area (TPSA) is 0 Å². The molecule has 0 fully saturated rings. The van der Waals surface area contributed by atoms with E-state index >= 15 is 0 Å². The van der Waals surface area contributed by atoms with Gasteiger partial charge in [0.05, 0.1) is 0 Å². The number of hydrogen-bond donors (Lipinski definition) is 0. The lowest BCUT2D eigenvalue weighted by atomic mass is 10.1. The van der Waals surface area contributed by atoms with E-state index in [1.54, 1.807) is 24.3 Å². The molecule has 0 N–H and O–H groups in total. The number of allylic oxidation sites excluding steroid dienone is 1. The van der Waals surface area contributed by atoms with Crippen LogP contribution in [0.4, 0.5) is 8.78 Å². The zero-order valence-electron chi connectivity index (χ0n) is 15.6. The van der Waals surface area contributed by atoms with Gasteiger partial charge in [-0.25, -0.2) is 8.78 Å². The average molecular weight is 352 g/mol. The smallest absolute Gasteiger partial charge is 0.161 e. The van der Waals surface area contributed by atoms with Crippen LogP contribution in [0.2, 0.25) is 0 Å². The molecule has 0 radical (unpaired) electrons. The Hall–Kier alpha value is -2.40. The maximum Gasteiger partial charge on any atom is 0.161 e. The molecule has 136 valence electrons. The molecule has 0 unspecified atom stereocenters. The van der Waals surface area contributed by atoms with Crippen molar-refractivity contribution in [2.75, 3.05) is 0 Å². The molecule has 0 aliphatic carbocycles. The van der Waals surface area contributed by atoms with E-state index in [0.29, 0.717) is 6.42 Å². The van der Waals surface area contributed by atoms with Gasteiger partial charge in [0.2, 0.25) is 0 Å². The first kappa shape index (κ1) is 19.9. The second-order valence-corrected chi connectivity index (χ2v) is 6.45. The molecule has 2 heteroatoms. The van der Waals surface area contributed by atoms with E-state index in [2.05, 4.69) is 30.9 Å². The lowest BCUT2D eigenvalue weighted by Crippen LogP contribution is -1.86. The summed E-state index contributed by atoms with van der Waals surface area (Å²) in [5, 5.41) is 0. The fraction of sp³-hybridized carbons (Fsp3) is 0.333. The number of unbranched alkanes of at least 4 members (excludes halogenated alkanes) is 2. The Balaban J connectivity index is 2.04. The zero-order valence-corrected chi connectivity index (χ0v) is 15.6. The van der Waals surface area contributed by atoms with Crippen LogP contribution in [0.25, 0.3) is 5.83 Å². The predicted octanol–water partition coefficient (Wildman–Crippen LogP) is 7.23. The van der Waals surface area contributed by atoms with Crippen molar-refractivity contribution >= 4 is 5.83 Å². The van der Waals surface area contributed by atoms with Gasteiger partial charge >= 0.3 is 0 Å². The highest BCUT2D eigenvalue weighted by Gasteiger charge is 2.08. The second kappa shape index (κ2) is 10.6. The molecule has 0 aromatic heterocycles. The molecule has 2 rings (SSSR count). The normalized spacial score (nSPS) is 11.5. The molecular formula is C24H26F2. The van der Waals surface area contributed by atoms with Crippen molar-refractivity contribution in [3.05, 3.63) is 76.6 Å². The van der Waals surface area contributed by atoms with Crippen LogP contribution in [0, 0.1) is 11.8 Å². The standard InChI is InChI=1S/C24H26F2/c1-3-5-6-8-23(25)24(26)22-17-15-21(16-18-22)14-13-20-11-9-19(7-4-2)10-12-20/h9-12,15-18H,3-8H2,1-2H3. The number of halogens is 2. The maximum atomic E-state index is 14.1. The fourth-order valence-electron chi connectivity index (χ4n) is 2.68. The lowest BCUT2D eigenvalue weighted by molar-refractivity contribution is 0.541. The van der Waals surface area contributed by atoms with Gasteiger partial charge in [-0.3, -0.25) is 0 Å². The highest BCUT2D eigenvalue weighted by atomic mass is 19.2. The quantitative estimate of drug-likeness (QED) is 0.364. The van der Waals surface area contributed by atoms with Gasteiger partial charge in [-0.15, -0.1) is 0 Å². The van der Waals surface area contributed by atoms with E-state index in [1.165, 1.54) is 5.56 Å². The molecule has 0 bridgehead atoms. The van der Waals surface area contributed by atoms with Crippen molar-refractivity contribution in [1.29, 1.82) is 0 Å². The van der Waals surface area contributed by atoms with E-state index in [-0.39, 0.29) is 12.0 Å². The summed E-state index contributed by atoms with van der Waals surface area (Å²) in [7, 11) is 0. The van der Waals surface area contributed by atoms with E-state index in [1.807, 2.05) is 19.1 Å². The van der Waals surface area contributed by atoms with Gasteiger partial charge in [0.15, 0.2) is 5.83 Å². The van der Waals surface area contributed by atoms with Crippen molar-refractivity contribution < 1.29 is 8.78 Å². The van der Waals surface area contributed by atoms with Crippen LogP contribution < -0.4 is 0 Å². The molecule has 0 aliphatic rings. The molecule has 0 saturated heterocycles. The van der Waals surface area contributed by atoms with Crippen molar-refractivity contribution in [3.63, 3.8) is 0 Å². The Labute approximate surface area is 156 Å². The molecule has 0 nitrogen and oxygen atoms in total. The Morgan fingerprint density at radius 1 is 0.769 bits per heavy atom. The first-order valence-corrected chi connectivity index (χ1v) is 9.39. The van der Waals surface area contributed by atoms with Crippen molar-refractivity contribution in [3.8, 4) is 11.8 Å². The van der Waals surface area contributed by atoms with Crippen LogP contribution in [0.3, 0.4) is 0 Å². The van der Waals surface area contributed by atoms with Gasteiger partial charge in [-0.2, -0.15) is 0 Å². The molecule has 0 heterocycles. The molecule has 0 aliphatic heterocycles. The van der Waals surface area contributed by atoms with Gasteiger partial charge in [-0.05, 0) is 42.7 Å². The molecule has 0 spiro atoms. The van der Waals surface area contributed by atoms with Gasteiger partial charge in [0.25, 0.3) is 0 Å². The Morgan fingerprint density at radius 3 is 1.88 bits per heavy atom. The molecular weight excluding hydrogens is 326 g/mol. The molecule has 0 saturated carbocycles. The number of aryl methyl sites for hydroxylation is 1. The van der Waals surface area contributed by atoms with Crippen LogP contribution in [0.15, 0.2) is 54.4 Å². The number of benzene rings is 2. The number of hydrogen-bond acceptors (Lipinski definition) is 0. The molecule has 26 heavy (non-hydrogen) atoms. The van der Waals surface area contributed by atoms with Gasteiger partial charge in [0.1, 0.15) is 5.83 Å². The van der Waals surface area contributed by atoms with Gasteiger partial charge in [-0.1, -0.05) is 69.2 Å². The van der Waals surface area contributed by atoms with Crippen molar-refractivity contribution in [1.82, 2.24) is 0 Å². The predicted molar refractivity (Wildman–Crippen MR) is 106 cm³/mol. The summed E-state index contributed by atoms with van der Waals surface area (Å²) in [6.07, 6.45) is 4.94. The van der Waals surface area contributed by atoms with E-state index < -0.39 is 11.7 Å². The maximum absolute atomic E-state index is 14.1. The van der Waals surface area contributed by atoms with Gasteiger partial charge in [0, 0.05) is 23.1 Å². The summed E-state index contributed by atoms with van der Waals surface area (Å²) < 4.78 is 27.9. The van der Waals surface area contributed by atoms with Crippen LogP contribution in [-0.4, -0.2) is 0 Å². The highest BCUT2D eigenvalue weighted by molar-refractivity contribution is 5.62. The minimum Gasteiger partial charge on any atom is -0.209 e. The first-order valence-electron chi connectivity index (χ1n) is 9.39. The highest BCUT2D eigenvalue weighted by Crippen LogP contribution is 2.25. The first-order chi connectivity index (χ1) is 12.6. The summed E-state index contributed by atoms with van der Waals surface area (Å²) in [6.45, 7) is 4.20. The third kappa shape index (κ3) is 6.15. The summed E-state index contributed by atoms with van der Waals surface area (Å²) in [5.41, 5.74) is 3.31. The monoisotopic (exact) mass is 352 g/mol. The Morgan fingerprint density at radius 2 is 1.35 bits per heavy atom. The second-order valence-electron chi connectivity index (χ2n) is 6.45. The summed E-state index contributed by atoms with van der Waals surface area (Å²) in [5.74, 6) is 4.75. The van der Waals surface area contributed by atoms with Crippen molar-refractivity contribution in [2.24, 2.45) is 0 Å². The Bertz CT molecular complexity index is 772. The van der Waals surface area contributed by atoms with Crippen LogP contribution in [-0.2, 0) is 6.42 Å². The van der Waals surface area contributed by atoms with Gasteiger partial charge < -0.3 is 0 Å². The minimum absolute atomic E-state index is 0.162. The van der Waals surface area contributed by atoms with Crippen LogP contribution in [0.5, 0.6) is 0 Å². The minimum atomic E-state index is -0.757. The summed E-state index contributed by atoms with van der Waals surface area (Å²) in [4.78, 5) is 0.